The Kier molecular flexibility index (Phi) is 6.32. The second kappa shape index (κ2) is 8.76. The largest absolute Gasteiger partial charge is 0.497 e. The van der Waals surface area contributed by atoms with Gasteiger partial charge in [0.1, 0.15) is 33.9 Å². The van der Waals surface area contributed by atoms with Crippen molar-refractivity contribution in [3.05, 3.63) is 54.3 Å². The van der Waals surface area contributed by atoms with Crippen LogP contribution in [0.1, 0.15) is 0 Å². The number of methoxy groups -OCH3 is 1. The standard InChI is InChI=1S/C19H19FN4O4S2/c1-28-14-7-9-15(10-8-14)30(26,27)17-18(21)24(23-19(17)29-2)11-16(25)22-13-5-3-12(20)4-6-13/h3-10H,11,21H2,1-2H3,(H,22,25). The van der Waals surface area contributed by atoms with Crippen LogP contribution >= 0.6 is 11.8 Å². The van der Waals surface area contributed by atoms with Crippen molar-refractivity contribution in [3.63, 3.8) is 0 Å². The molecule has 1 aromatic heterocycles. The van der Waals surface area contributed by atoms with Gasteiger partial charge >= 0.3 is 0 Å². The van der Waals surface area contributed by atoms with Crippen LogP contribution in [0.2, 0.25) is 0 Å². The van der Waals surface area contributed by atoms with Gasteiger partial charge in [-0.05, 0) is 54.8 Å². The molecule has 0 atom stereocenters. The van der Waals surface area contributed by atoms with Gasteiger partial charge in [-0.2, -0.15) is 5.10 Å². The van der Waals surface area contributed by atoms with Gasteiger partial charge < -0.3 is 15.8 Å². The maximum Gasteiger partial charge on any atom is 0.246 e. The molecular formula is C19H19FN4O4S2. The molecule has 0 fully saturated rings. The maximum absolute atomic E-state index is 13.1. The topological polar surface area (TPSA) is 116 Å². The quantitative estimate of drug-likeness (QED) is 0.532. The molecule has 0 saturated heterocycles. The summed E-state index contributed by atoms with van der Waals surface area (Å²) in [4.78, 5) is 12.2. The number of hydrogen-bond acceptors (Lipinski definition) is 7. The minimum absolute atomic E-state index is 0.0283. The fourth-order valence-electron chi connectivity index (χ4n) is 2.68. The summed E-state index contributed by atoms with van der Waals surface area (Å²) in [5.74, 6) is -0.552. The summed E-state index contributed by atoms with van der Waals surface area (Å²) in [6.45, 7) is -0.311. The molecule has 0 bridgehead atoms. The smallest absolute Gasteiger partial charge is 0.246 e. The summed E-state index contributed by atoms with van der Waals surface area (Å²) in [6.07, 6.45) is 1.66. The minimum Gasteiger partial charge on any atom is -0.497 e. The molecule has 1 amide bonds. The van der Waals surface area contributed by atoms with Gasteiger partial charge in [-0.3, -0.25) is 4.79 Å². The zero-order valence-electron chi connectivity index (χ0n) is 16.1. The Hall–Kier alpha value is -3.05. The highest BCUT2D eigenvalue weighted by Gasteiger charge is 2.29. The van der Waals surface area contributed by atoms with Gasteiger partial charge in [0.25, 0.3) is 0 Å². The maximum atomic E-state index is 13.1. The first-order chi connectivity index (χ1) is 14.3. The average Bonchev–Trinajstić information content (AvgIpc) is 3.05. The number of benzene rings is 2. The molecule has 30 heavy (non-hydrogen) atoms. The van der Waals surface area contributed by atoms with Gasteiger partial charge in [-0.1, -0.05) is 0 Å². The number of carbonyl (C=O) groups is 1. The fourth-order valence-corrected chi connectivity index (χ4v) is 5.12. The van der Waals surface area contributed by atoms with E-state index in [1.807, 2.05) is 0 Å². The van der Waals surface area contributed by atoms with E-state index in [4.69, 9.17) is 10.5 Å². The lowest BCUT2D eigenvalue weighted by molar-refractivity contribution is -0.116. The lowest BCUT2D eigenvalue weighted by Crippen LogP contribution is -2.21. The third kappa shape index (κ3) is 4.41. The number of nitrogen functional groups attached to an aromatic ring is 1. The van der Waals surface area contributed by atoms with Gasteiger partial charge in [0, 0.05) is 5.69 Å². The Balaban J connectivity index is 1.89. The van der Waals surface area contributed by atoms with Crippen molar-refractivity contribution in [2.24, 2.45) is 0 Å². The normalized spacial score (nSPS) is 11.3. The molecule has 0 spiro atoms. The first kappa shape index (κ1) is 21.7. The lowest BCUT2D eigenvalue weighted by Gasteiger charge is -2.08. The van der Waals surface area contributed by atoms with E-state index in [1.165, 1.54) is 55.6 Å². The number of ether oxygens (including phenoxy) is 1. The van der Waals surface area contributed by atoms with Crippen LogP contribution in [0.4, 0.5) is 15.9 Å². The number of thioether (sulfide) groups is 1. The molecule has 3 aromatic rings. The predicted molar refractivity (Wildman–Crippen MR) is 112 cm³/mol. The van der Waals surface area contributed by atoms with Crippen molar-refractivity contribution in [3.8, 4) is 5.75 Å². The second-order valence-electron chi connectivity index (χ2n) is 6.12. The number of rotatable bonds is 7. The Bertz CT molecular complexity index is 1160. The van der Waals surface area contributed by atoms with E-state index in [-0.39, 0.29) is 27.2 Å². The minimum atomic E-state index is -3.97. The summed E-state index contributed by atoms with van der Waals surface area (Å²) < 4.78 is 45.4. The molecule has 0 aliphatic heterocycles. The average molecular weight is 451 g/mol. The monoisotopic (exact) mass is 450 g/mol. The molecule has 0 aliphatic rings. The number of amides is 1. The van der Waals surface area contributed by atoms with Gasteiger partial charge in [0.05, 0.1) is 12.0 Å². The zero-order valence-corrected chi connectivity index (χ0v) is 17.8. The highest BCUT2D eigenvalue weighted by atomic mass is 32.2. The number of sulfone groups is 1. The number of aromatic nitrogens is 2. The Morgan fingerprint density at radius 2 is 1.83 bits per heavy atom. The molecule has 0 unspecified atom stereocenters. The van der Waals surface area contributed by atoms with Crippen molar-refractivity contribution < 1.29 is 22.3 Å². The predicted octanol–water partition coefficient (Wildman–Crippen LogP) is 2.81. The van der Waals surface area contributed by atoms with E-state index >= 15 is 0 Å². The van der Waals surface area contributed by atoms with Crippen molar-refractivity contribution in [1.82, 2.24) is 9.78 Å². The van der Waals surface area contributed by atoms with Gasteiger partial charge in [-0.25, -0.2) is 17.5 Å². The summed E-state index contributed by atoms with van der Waals surface area (Å²) in [5, 5.41) is 6.94. The first-order valence-corrected chi connectivity index (χ1v) is 11.3. The molecule has 1 heterocycles. The number of nitrogens with zero attached hydrogens (tertiary/aromatic N) is 2. The van der Waals surface area contributed by atoms with Crippen molar-refractivity contribution >= 4 is 39.0 Å². The number of halogens is 1. The van der Waals surface area contributed by atoms with Gasteiger partial charge in [-0.15, -0.1) is 11.8 Å². The van der Waals surface area contributed by atoms with Crippen LogP contribution in [0, 0.1) is 5.82 Å². The number of nitrogens with one attached hydrogen (secondary N) is 1. The van der Waals surface area contributed by atoms with Crippen LogP contribution in [-0.4, -0.2) is 37.5 Å². The summed E-state index contributed by atoms with van der Waals surface area (Å²) >= 11 is 1.10. The molecule has 158 valence electrons. The molecule has 3 N–H and O–H groups in total. The van der Waals surface area contributed by atoms with E-state index in [1.54, 1.807) is 6.26 Å². The van der Waals surface area contributed by atoms with E-state index in [0.717, 1.165) is 16.4 Å². The highest BCUT2D eigenvalue weighted by molar-refractivity contribution is 7.99. The third-order valence-electron chi connectivity index (χ3n) is 4.17. The third-order valence-corrected chi connectivity index (χ3v) is 6.80. The number of carbonyl (C=O) groups excluding carboxylic acids is 1. The molecular weight excluding hydrogens is 431 g/mol. The van der Waals surface area contributed by atoms with Crippen LogP contribution < -0.4 is 15.8 Å². The van der Waals surface area contributed by atoms with E-state index in [9.17, 15) is 17.6 Å². The van der Waals surface area contributed by atoms with E-state index in [2.05, 4.69) is 10.4 Å². The zero-order chi connectivity index (χ0) is 21.9. The Morgan fingerprint density at radius 3 is 2.40 bits per heavy atom. The second-order valence-corrected chi connectivity index (χ2v) is 8.80. The Morgan fingerprint density at radius 1 is 1.20 bits per heavy atom. The highest BCUT2D eigenvalue weighted by Crippen LogP contribution is 2.34. The summed E-state index contributed by atoms with van der Waals surface area (Å²) in [6, 6.07) is 11.1. The van der Waals surface area contributed by atoms with Crippen molar-refractivity contribution in [2.45, 2.75) is 21.4 Å². The van der Waals surface area contributed by atoms with Crippen LogP contribution in [0.3, 0.4) is 0 Å². The summed E-state index contributed by atoms with van der Waals surface area (Å²) in [7, 11) is -2.49. The molecule has 3 rings (SSSR count). The summed E-state index contributed by atoms with van der Waals surface area (Å²) in [5.41, 5.74) is 6.47. The number of nitrogens with two attached hydrogens (primary N) is 1. The van der Waals surface area contributed by atoms with Crippen molar-refractivity contribution in [1.29, 1.82) is 0 Å². The molecule has 0 aliphatic carbocycles. The van der Waals surface area contributed by atoms with Crippen molar-refractivity contribution in [2.75, 3.05) is 24.4 Å². The van der Waals surface area contributed by atoms with Crippen LogP contribution in [0.25, 0.3) is 0 Å². The number of hydrogen-bond donors (Lipinski definition) is 2. The molecule has 0 saturated carbocycles. The molecule has 0 radical (unpaired) electrons. The van der Waals surface area contributed by atoms with Crippen LogP contribution in [0.5, 0.6) is 5.75 Å². The van der Waals surface area contributed by atoms with Gasteiger partial charge in [0.15, 0.2) is 0 Å². The molecule has 2 aromatic carbocycles. The lowest BCUT2D eigenvalue weighted by atomic mass is 10.3. The van der Waals surface area contributed by atoms with E-state index < -0.39 is 21.6 Å². The van der Waals surface area contributed by atoms with Gasteiger partial charge in [0.2, 0.25) is 15.7 Å². The molecule has 11 heteroatoms. The molecule has 8 nitrogen and oxygen atoms in total. The SMILES string of the molecule is COc1ccc(S(=O)(=O)c2c(SC)nn(CC(=O)Nc3ccc(F)cc3)c2N)cc1. The first-order valence-electron chi connectivity index (χ1n) is 8.61. The van der Waals surface area contributed by atoms with Crippen LogP contribution in [0.15, 0.2) is 63.3 Å². The fraction of sp³-hybridized carbons (Fsp3) is 0.158. The number of anilines is 2. The van der Waals surface area contributed by atoms with Crippen LogP contribution in [-0.2, 0) is 21.2 Å². The van der Waals surface area contributed by atoms with E-state index in [0.29, 0.717) is 11.4 Å². The Labute approximate surface area is 177 Å².